The third kappa shape index (κ3) is 24.7. The van der Waals surface area contributed by atoms with Gasteiger partial charge in [-0.05, 0) is 13.8 Å². The second-order valence-electron chi connectivity index (χ2n) is 1.94. The maximum atomic E-state index is 9.25. The van der Waals surface area contributed by atoms with Gasteiger partial charge in [0.25, 0.3) is 0 Å². The molecule has 0 aromatic carbocycles. The molecule has 0 saturated carbocycles. The zero-order chi connectivity index (χ0) is 10.5. The van der Waals surface area contributed by atoms with Crippen molar-refractivity contribution in [3.8, 4) is 0 Å². The summed E-state index contributed by atoms with van der Waals surface area (Å²) in [5.74, 6) is -0.981. The molecule has 13 heavy (non-hydrogen) atoms. The van der Waals surface area contributed by atoms with Crippen molar-refractivity contribution >= 4 is 5.97 Å². The molecule has 4 nitrogen and oxygen atoms in total. The summed E-state index contributed by atoms with van der Waals surface area (Å²) in [4.78, 5) is 9.25. The van der Waals surface area contributed by atoms with Gasteiger partial charge >= 0.3 is 5.97 Å². The van der Waals surface area contributed by atoms with Crippen LogP contribution in [0.25, 0.3) is 0 Å². The molecule has 0 aromatic heterocycles. The second-order valence-corrected chi connectivity index (χ2v) is 1.94. The van der Waals surface area contributed by atoms with Gasteiger partial charge in [0, 0.05) is 19.3 Å². The SMILES string of the molecule is C=CC(=O)O.CCOCCOCC. The van der Waals surface area contributed by atoms with Gasteiger partial charge in [0.15, 0.2) is 0 Å². The zero-order valence-corrected chi connectivity index (χ0v) is 8.28. The molecule has 0 atom stereocenters. The van der Waals surface area contributed by atoms with Crippen molar-refractivity contribution in [2.75, 3.05) is 26.4 Å². The van der Waals surface area contributed by atoms with Crippen molar-refractivity contribution in [1.29, 1.82) is 0 Å². The monoisotopic (exact) mass is 190 g/mol. The molecule has 1 N–H and O–H groups in total. The fraction of sp³-hybridized carbons (Fsp3) is 0.667. The Morgan fingerprint density at radius 3 is 1.77 bits per heavy atom. The lowest BCUT2D eigenvalue weighted by Crippen LogP contribution is -2.02. The van der Waals surface area contributed by atoms with Gasteiger partial charge in [-0.3, -0.25) is 0 Å². The summed E-state index contributed by atoms with van der Waals surface area (Å²) in [6.45, 7) is 9.94. The average molecular weight is 190 g/mol. The van der Waals surface area contributed by atoms with E-state index in [1.165, 1.54) is 0 Å². The summed E-state index contributed by atoms with van der Waals surface area (Å²) < 4.78 is 10.0. The first kappa shape index (κ1) is 14.6. The normalized spacial score (nSPS) is 8.46. The van der Waals surface area contributed by atoms with Crippen molar-refractivity contribution in [2.45, 2.75) is 13.8 Å². The number of hydrogen-bond acceptors (Lipinski definition) is 3. The average Bonchev–Trinajstić information content (AvgIpc) is 2.14. The molecule has 0 amide bonds. The van der Waals surface area contributed by atoms with Crippen LogP contribution < -0.4 is 0 Å². The lowest BCUT2D eigenvalue weighted by Gasteiger charge is -1.99. The Morgan fingerprint density at radius 1 is 1.31 bits per heavy atom. The maximum absolute atomic E-state index is 9.25. The van der Waals surface area contributed by atoms with E-state index in [4.69, 9.17) is 14.6 Å². The first-order valence-corrected chi connectivity index (χ1v) is 4.19. The van der Waals surface area contributed by atoms with E-state index in [9.17, 15) is 4.79 Å². The third-order valence-electron chi connectivity index (χ3n) is 0.955. The Kier molecular flexibility index (Phi) is 15.4. The van der Waals surface area contributed by atoms with Crippen LogP contribution in [0, 0.1) is 0 Å². The number of carboxylic acid groups (broad SMARTS) is 1. The summed E-state index contributed by atoms with van der Waals surface area (Å²) >= 11 is 0. The highest BCUT2D eigenvalue weighted by atomic mass is 16.5. The topological polar surface area (TPSA) is 55.8 Å². The largest absolute Gasteiger partial charge is 0.478 e. The van der Waals surface area contributed by atoms with E-state index >= 15 is 0 Å². The van der Waals surface area contributed by atoms with Crippen molar-refractivity contribution < 1.29 is 19.4 Å². The fourth-order valence-corrected chi connectivity index (χ4v) is 0.407. The summed E-state index contributed by atoms with van der Waals surface area (Å²) in [6, 6.07) is 0. The van der Waals surface area contributed by atoms with E-state index in [1.54, 1.807) is 0 Å². The molecule has 0 aliphatic carbocycles. The molecule has 0 unspecified atom stereocenters. The zero-order valence-electron chi connectivity index (χ0n) is 8.28. The molecule has 0 aliphatic rings. The van der Waals surface area contributed by atoms with E-state index in [-0.39, 0.29) is 0 Å². The molecule has 4 heteroatoms. The summed E-state index contributed by atoms with van der Waals surface area (Å²) in [5, 5.41) is 7.60. The van der Waals surface area contributed by atoms with Crippen LogP contribution in [0.4, 0.5) is 0 Å². The predicted molar refractivity (Wildman–Crippen MR) is 50.8 cm³/mol. The van der Waals surface area contributed by atoms with Crippen molar-refractivity contribution in [2.24, 2.45) is 0 Å². The van der Waals surface area contributed by atoms with E-state index in [2.05, 4.69) is 6.58 Å². The number of hydrogen-bond donors (Lipinski definition) is 1. The van der Waals surface area contributed by atoms with Gasteiger partial charge in [-0.2, -0.15) is 0 Å². The van der Waals surface area contributed by atoms with Crippen molar-refractivity contribution in [3.05, 3.63) is 12.7 Å². The Hall–Kier alpha value is -0.870. The molecule has 78 valence electrons. The lowest BCUT2D eigenvalue weighted by atomic mass is 10.7. The summed E-state index contributed by atoms with van der Waals surface area (Å²) in [7, 11) is 0. The summed E-state index contributed by atoms with van der Waals surface area (Å²) in [6.07, 6.45) is 0.833. The van der Waals surface area contributed by atoms with Crippen molar-refractivity contribution in [3.63, 3.8) is 0 Å². The van der Waals surface area contributed by atoms with Crippen LogP contribution in [0.5, 0.6) is 0 Å². The van der Waals surface area contributed by atoms with Crippen LogP contribution in [-0.2, 0) is 14.3 Å². The molecule has 0 bridgehead atoms. The van der Waals surface area contributed by atoms with E-state index in [0.717, 1.165) is 32.5 Å². The molecule has 0 spiro atoms. The lowest BCUT2D eigenvalue weighted by molar-refractivity contribution is -0.131. The molecule has 0 fully saturated rings. The minimum Gasteiger partial charge on any atom is -0.478 e. The van der Waals surface area contributed by atoms with Crippen LogP contribution >= 0.6 is 0 Å². The van der Waals surface area contributed by atoms with Crippen LogP contribution in [0.2, 0.25) is 0 Å². The van der Waals surface area contributed by atoms with Gasteiger partial charge in [0.05, 0.1) is 13.2 Å². The summed E-state index contributed by atoms with van der Waals surface area (Å²) in [5.41, 5.74) is 0. The number of carbonyl (C=O) groups is 1. The smallest absolute Gasteiger partial charge is 0.327 e. The van der Waals surface area contributed by atoms with Gasteiger partial charge in [-0.25, -0.2) is 4.79 Å². The minimum absolute atomic E-state index is 0.727. The molecule has 0 heterocycles. The van der Waals surface area contributed by atoms with Crippen molar-refractivity contribution in [1.82, 2.24) is 0 Å². The van der Waals surface area contributed by atoms with E-state index < -0.39 is 5.97 Å². The van der Waals surface area contributed by atoms with Gasteiger partial charge in [0.2, 0.25) is 0 Å². The van der Waals surface area contributed by atoms with Gasteiger partial charge < -0.3 is 14.6 Å². The maximum Gasteiger partial charge on any atom is 0.327 e. The van der Waals surface area contributed by atoms with Gasteiger partial charge in [-0.15, -0.1) is 0 Å². The number of rotatable bonds is 6. The molecular weight excluding hydrogens is 172 g/mol. The van der Waals surface area contributed by atoms with Crippen LogP contribution in [-0.4, -0.2) is 37.5 Å². The van der Waals surface area contributed by atoms with Crippen LogP contribution in [0.3, 0.4) is 0 Å². The van der Waals surface area contributed by atoms with Crippen LogP contribution in [0.1, 0.15) is 13.8 Å². The number of carboxylic acids is 1. The molecular formula is C9H18O4. The highest BCUT2D eigenvalue weighted by molar-refractivity contribution is 5.78. The van der Waals surface area contributed by atoms with E-state index in [1.807, 2.05) is 13.8 Å². The quantitative estimate of drug-likeness (QED) is 0.507. The minimum atomic E-state index is -0.981. The number of aliphatic carboxylic acids is 1. The van der Waals surface area contributed by atoms with Gasteiger partial charge in [-0.1, -0.05) is 6.58 Å². The molecule has 0 aliphatic heterocycles. The Labute approximate surface area is 79.2 Å². The molecule has 0 rings (SSSR count). The van der Waals surface area contributed by atoms with E-state index in [0.29, 0.717) is 0 Å². The standard InChI is InChI=1S/C6H14O2.C3H4O2/c1-3-7-5-6-8-4-2;1-2-3(4)5/h3-6H2,1-2H3;2H,1H2,(H,4,5). The molecule has 0 saturated heterocycles. The van der Waals surface area contributed by atoms with Crippen LogP contribution in [0.15, 0.2) is 12.7 Å². The Bertz CT molecular complexity index is 117. The first-order chi connectivity index (χ1) is 6.18. The predicted octanol–water partition coefficient (Wildman–Crippen LogP) is 1.32. The fourth-order valence-electron chi connectivity index (χ4n) is 0.407. The van der Waals surface area contributed by atoms with Gasteiger partial charge in [0.1, 0.15) is 0 Å². The highest BCUT2D eigenvalue weighted by Gasteiger charge is 1.81. The molecule has 0 aromatic rings. The molecule has 0 radical (unpaired) electrons. The first-order valence-electron chi connectivity index (χ1n) is 4.19. The Morgan fingerprint density at radius 2 is 1.62 bits per heavy atom. The Balaban J connectivity index is 0. The number of ether oxygens (including phenoxy) is 2. The third-order valence-corrected chi connectivity index (χ3v) is 0.955. The highest BCUT2D eigenvalue weighted by Crippen LogP contribution is 1.75. The second kappa shape index (κ2) is 13.7.